The summed E-state index contributed by atoms with van der Waals surface area (Å²) in [5.74, 6) is 3.27. The van der Waals surface area contributed by atoms with Gasteiger partial charge in [0.1, 0.15) is 6.10 Å². The lowest BCUT2D eigenvalue weighted by Gasteiger charge is -2.28. The van der Waals surface area contributed by atoms with Gasteiger partial charge in [-0.1, -0.05) is 67.0 Å². The van der Waals surface area contributed by atoms with E-state index in [2.05, 4.69) is 72.3 Å². The van der Waals surface area contributed by atoms with Crippen LogP contribution < -0.4 is 10.1 Å². The van der Waals surface area contributed by atoms with Crippen molar-refractivity contribution >= 4 is 11.6 Å². The summed E-state index contributed by atoms with van der Waals surface area (Å²) < 4.78 is 6.23. The number of H-pyrrole nitrogens is 1. The molecule has 29 heavy (non-hydrogen) atoms. The molecule has 3 atom stereocenters. The second-order valence-corrected chi connectivity index (χ2v) is 7.44. The van der Waals surface area contributed by atoms with Crippen molar-refractivity contribution in [3.63, 3.8) is 0 Å². The molecule has 2 rings (SSSR count). The third kappa shape index (κ3) is 7.87. The van der Waals surface area contributed by atoms with Gasteiger partial charge in [0.15, 0.2) is 11.6 Å². The summed E-state index contributed by atoms with van der Waals surface area (Å²) in [6.45, 7) is 17.0. The van der Waals surface area contributed by atoms with Gasteiger partial charge in [-0.15, -0.1) is 0 Å². The molecule has 0 spiro atoms. The molecule has 0 aliphatic carbocycles. The molecule has 0 saturated heterocycles. The molecule has 2 aromatic rings. The van der Waals surface area contributed by atoms with Crippen LogP contribution in [0.5, 0.6) is 5.88 Å². The number of nitrogens with zero attached hydrogens (tertiary/aromatic N) is 3. The summed E-state index contributed by atoms with van der Waals surface area (Å²) in [6, 6.07) is 1.99. The van der Waals surface area contributed by atoms with Crippen LogP contribution in [0.25, 0.3) is 0 Å². The Balaban J connectivity index is 0.00000204. The molecule has 2 aromatic heterocycles. The number of rotatable bonds is 10. The van der Waals surface area contributed by atoms with Gasteiger partial charge in [-0.2, -0.15) is 10.1 Å². The number of anilines is 2. The third-order valence-electron chi connectivity index (χ3n) is 5.09. The van der Waals surface area contributed by atoms with Crippen molar-refractivity contribution in [1.29, 1.82) is 0 Å². The number of hydrogen-bond acceptors (Lipinski definition) is 5. The largest absolute Gasteiger partial charge is 0.473 e. The highest BCUT2D eigenvalue weighted by Crippen LogP contribution is 2.25. The predicted molar refractivity (Wildman–Crippen MR) is 122 cm³/mol. The second kappa shape index (κ2) is 13.0. The van der Waals surface area contributed by atoms with Crippen molar-refractivity contribution in [3.8, 4) is 5.88 Å². The molecule has 0 aromatic carbocycles. The summed E-state index contributed by atoms with van der Waals surface area (Å²) in [5, 5.41) is 10.5. The van der Waals surface area contributed by atoms with Crippen molar-refractivity contribution in [2.45, 2.75) is 80.3 Å². The van der Waals surface area contributed by atoms with Crippen LogP contribution in [0, 0.1) is 11.8 Å². The molecule has 2 heterocycles. The summed E-state index contributed by atoms with van der Waals surface area (Å²) >= 11 is 0. The molecule has 0 bridgehead atoms. The average molecular weight is 402 g/mol. The number of aromatic amines is 1. The van der Waals surface area contributed by atoms with Gasteiger partial charge in [0.05, 0.1) is 12.4 Å². The van der Waals surface area contributed by atoms with Crippen molar-refractivity contribution in [2.24, 2.45) is 11.8 Å². The monoisotopic (exact) mass is 401 g/mol. The van der Waals surface area contributed by atoms with E-state index >= 15 is 0 Å². The Morgan fingerprint density at radius 2 is 1.86 bits per heavy atom. The zero-order valence-corrected chi connectivity index (χ0v) is 19.4. The molecule has 6 nitrogen and oxygen atoms in total. The van der Waals surface area contributed by atoms with E-state index in [0.29, 0.717) is 29.5 Å². The maximum Gasteiger partial charge on any atom is 0.234 e. The summed E-state index contributed by atoms with van der Waals surface area (Å²) in [7, 11) is 0. The Morgan fingerprint density at radius 3 is 2.45 bits per heavy atom. The van der Waals surface area contributed by atoms with Crippen LogP contribution in [0.1, 0.15) is 79.8 Å². The van der Waals surface area contributed by atoms with Gasteiger partial charge < -0.3 is 10.1 Å². The zero-order valence-electron chi connectivity index (χ0n) is 19.4. The average Bonchev–Trinajstić information content (AvgIpc) is 3.20. The molecular formula is C23H39N5O. The lowest BCUT2D eigenvalue weighted by Crippen LogP contribution is -2.29. The standard InChI is InChI=1S/C21H33N5O.C2H6/c1-7-9-10-18(16(6)15(5)8-2)27-21-13-22-12-20(24-21)23-19-11-17(14(3)4)25-26-19;1-2/h7,9,11-16,18H,8,10H2,1-6H3,(H2,23,24,25,26);1-2H3/b9-7+;. The van der Waals surface area contributed by atoms with E-state index in [-0.39, 0.29) is 6.10 Å². The van der Waals surface area contributed by atoms with Crippen molar-refractivity contribution in [1.82, 2.24) is 20.2 Å². The Hall–Kier alpha value is -2.37. The van der Waals surface area contributed by atoms with E-state index in [0.717, 1.165) is 24.4 Å². The van der Waals surface area contributed by atoms with E-state index in [4.69, 9.17) is 4.74 Å². The maximum absolute atomic E-state index is 6.23. The van der Waals surface area contributed by atoms with Crippen LogP contribution in [0.2, 0.25) is 0 Å². The fourth-order valence-corrected chi connectivity index (χ4v) is 2.83. The summed E-state index contributed by atoms with van der Waals surface area (Å²) in [4.78, 5) is 8.84. The minimum Gasteiger partial charge on any atom is -0.473 e. The minimum absolute atomic E-state index is 0.0682. The van der Waals surface area contributed by atoms with Crippen LogP contribution in [0.4, 0.5) is 11.6 Å². The van der Waals surface area contributed by atoms with E-state index < -0.39 is 0 Å². The lowest BCUT2D eigenvalue weighted by molar-refractivity contribution is 0.106. The molecular weight excluding hydrogens is 362 g/mol. The first-order valence-electron chi connectivity index (χ1n) is 10.9. The van der Waals surface area contributed by atoms with Gasteiger partial charge in [0.25, 0.3) is 0 Å². The highest BCUT2D eigenvalue weighted by Gasteiger charge is 2.23. The fraction of sp³-hybridized carbons (Fsp3) is 0.609. The van der Waals surface area contributed by atoms with Gasteiger partial charge in [-0.25, -0.2) is 0 Å². The van der Waals surface area contributed by atoms with Crippen molar-refractivity contribution in [3.05, 3.63) is 36.3 Å². The van der Waals surface area contributed by atoms with Crippen molar-refractivity contribution in [2.75, 3.05) is 5.32 Å². The van der Waals surface area contributed by atoms with Gasteiger partial charge in [0.2, 0.25) is 5.88 Å². The van der Waals surface area contributed by atoms with Crippen LogP contribution in [0.3, 0.4) is 0 Å². The van der Waals surface area contributed by atoms with E-state index in [1.54, 1.807) is 12.4 Å². The Morgan fingerprint density at radius 1 is 1.14 bits per heavy atom. The van der Waals surface area contributed by atoms with Gasteiger partial charge in [-0.05, 0) is 24.7 Å². The van der Waals surface area contributed by atoms with Crippen LogP contribution in [-0.4, -0.2) is 26.3 Å². The number of ether oxygens (including phenoxy) is 1. The fourth-order valence-electron chi connectivity index (χ4n) is 2.83. The number of allylic oxidation sites excluding steroid dienone is 1. The van der Waals surface area contributed by atoms with Gasteiger partial charge in [-0.3, -0.25) is 10.1 Å². The molecule has 0 radical (unpaired) electrons. The molecule has 0 aliphatic rings. The number of nitrogens with one attached hydrogen (secondary N) is 2. The lowest BCUT2D eigenvalue weighted by atomic mass is 9.87. The quantitative estimate of drug-likeness (QED) is 0.445. The Bertz CT molecular complexity index is 726. The predicted octanol–water partition coefficient (Wildman–Crippen LogP) is 6.49. The number of hydrogen-bond donors (Lipinski definition) is 2. The molecule has 2 N–H and O–H groups in total. The maximum atomic E-state index is 6.23. The van der Waals surface area contributed by atoms with E-state index in [1.165, 1.54) is 0 Å². The first-order chi connectivity index (χ1) is 13.9. The van der Waals surface area contributed by atoms with E-state index in [1.807, 2.05) is 26.8 Å². The first-order valence-corrected chi connectivity index (χ1v) is 10.9. The van der Waals surface area contributed by atoms with E-state index in [9.17, 15) is 0 Å². The minimum atomic E-state index is 0.0682. The van der Waals surface area contributed by atoms with Crippen LogP contribution >= 0.6 is 0 Å². The van der Waals surface area contributed by atoms with Crippen LogP contribution in [-0.2, 0) is 0 Å². The Kier molecular flexibility index (Phi) is 11.0. The highest BCUT2D eigenvalue weighted by molar-refractivity contribution is 5.51. The molecule has 0 aliphatic heterocycles. The highest BCUT2D eigenvalue weighted by atomic mass is 16.5. The van der Waals surface area contributed by atoms with Crippen LogP contribution in [0.15, 0.2) is 30.6 Å². The first kappa shape index (κ1) is 24.7. The molecule has 0 saturated carbocycles. The molecule has 3 unspecified atom stereocenters. The number of aromatic nitrogens is 4. The second-order valence-electron chi connectivity index (χ2n) is 7.44. The van der Waals surface area contributed by atoms with Crippen molar-refractivity contribution < 1.29 is 4.74 Å². The molecule has 162 valence electrons. The molecule has 6 heteroatoms. The van der Waals surface area contributed by atoms with Gasteiger partial charge in [0, 0.05) is 18.2 Å². The van der Waals surface area contributed by atoms with Gasteiger partial charge >= 0.3 is 0 Å². The smallest absolute Gasteiger partial charge is 0.234 e. The molecule has 0 fully saturated rings. The summed E-state index contributed by atoms with van der Waals surface area (Å²) in [5.41, 5.74) is 1.08. The SMILES string of the molecule is C/C=C/CC(Oc1cncc(Nc2cc(C(C)C)[nH]n2)n1)C(C)C(C)CC.CC. The normalized spacial score (nSPS) is 14.2. The Labute approximate surface area is 176 Å². The zero-order chi connectivity index (χ0) is 21.8. The third-order valence-corrected chi connectivity index (χ3v) is 5.09. The molecule has 0 amide bonds. The summed E-state index contributed by atoms with van der Waals surface area (Å²) in [6.07, 6.45) is 9.61. The topological polar surface area (TPSA) is 75.7 Å².